The third-order valence-electron chi connectivity index (χ3n) is 2.50. The number of rotatable bonds is 8. The number of primary sulfonamides is 1. The number of anilines is 1. The number of carbonyl (C=O) groups excluding carboxylic acids is 1. The Kier molecular flexibility index (Phi) is 6.63. The van der Waals surface area contributed by atoms with Crippen LogP contribution in [0.25, 0.3) is 0 Å². The van der Waals surface area contributed by atoms with E-state index in [-0.39, 0.29) is 11.7 Å². The van der Waals surface area contributed by atoms with E-state index in [4.69, 9.17) is 9.88 Å². The molecule has 1 amide bonds. The quantitative estimate of drug-likeness (QED) is 0.705. The molecule has 3 N–H and O–H groups in total. The van der Waals surface area contributed by atoms with Gasteiger partial charge < -0.3 is 10.1 Å². The van der Waals surface area contributed by atoms with Crippen molar-refractivity contribution in [3.05, 3.63) is 29.8 Å². The van der Waals surface area contributed by atoms with Crippen molar-refractivity contribution >= 4 is 21.6 Å². The Balaban J connectivity index is 2.43. The van der Waals surface area contributed by atoms with Crippen molar-refractivity contribution in [2.45, 2.75) is 25.5 Å². The molecule has 0 saturated heterocycles. The maximum Gasteiger partial charge on any atom is 0.224 e. The average molecular weight is 300 g/mol. The fourth-order valence-electron chi connectivity index (χ4n) is 1.62. The van der Waals surface area contributed by atoms with E-state index in [0.29, 0.717) is 37.3 Å². The predicted octanol–water partition coefficient (Wildman–Crippen LogP) is 1.23. The van der Waals surface area contributed by atoms with Gasteiger partial charge in [0.2, 0.25) is 15.9 Å². The van der Waals surface area contributed by atoms with Gasteiger partial charge in [-0.1, -0.05) is 12.1 Å². The van der Waals surface area contributed by atoms with Crippen LogP contribution < -0.4 is 10.5 Å². The topological polar surface area (TPSA) is 98.5 Å². The second kappa shape index (κ2) is 7.98. The molecule has 0 atom stereocenters. The van der Waals surface area contributed by atoms with Crippen molar-refractivity contribution in [3.63, 3.8) is 0 Å². The molecule has 0 radical (unpaired) electrons. The molecule has 6 nitrogen and oxygen atoms in total. The largest absolute Gasteiger partial charge is 0.382 e. The molecule has 0 fully saturated rings. The van der Waals surface area contributed by atoms with Crippen LogP contribution >= 0.6 is 0 Å². The second-order valence-electron chi connectivity index (χ2n) is 4.35. The molecule has 0 aliphatic heterocycles. The van der Waals surface area contributed by atoms with Crippen LogP contribution in [0.15, 0.2) is 24.3 Å². The van der Waals surface area contributed by atoms with E-state index in [1.165, 1.54) is 0 Å². The molecule has 20 heavy (non-hydrogen) atoms. The summed E-state index contributed by atoms with van der Waals surface area (Å²) in [4.78, 5) is 11.6. The molecular formula is C13H20N2O4S. The van der Waals surface area contributed by atoms with Gasteiger partial charge in [0.25, 0.3) is 0 Å². The number of sulfonamides is 1. The number of amides is 1. The molecule has 0 aliphatic rings. The number of hydrogen-bond acceptors (Lipinski definition) is 4. The highest BCUT2D eigenvalue weighted by Crippen LogP contribution is 2.11. The number of nitrogens with two attached hydrogens (primary N) is 1. The van der Waals surface area contributed by atoms with E-state index >= 15 is 0 Å². The Morgan fingerprint density at radius 1 is 1.30 bits per heavy atom. The van der Waals surface area contributed by atoms with Gasteiger partial charge in [-0.2, -0.15) is 0 Å². The second-order valence-corrected chi connectivity index (χ2v) is 5.97. The van der Waals surface area contributed by atoms with Gasteiger partial charge in [0.1, 0.15) is 0 Å². The van der Waals surface area contributed by atoms with Crippen LogP contribution in [0.4, 0.5) is 5.69 Å². The van der Waals surface area contributed by atoms with Gasteiger partial charge in [-0.05, 0) is 31.0 Å². The summed E-state index contributed by atoms with van der Waals surface area (Å²) >= 11 is 0. The molecule has 0 saturated carbocycles. The van der Waals surface area contributed by atoms with Gasteiger partial charge in [-0.15, -0.1) is 0 Å². The van der Waals surface area contributed by atoms with Crippen LogP contribution in [-0.4, -0.2) is 27.5 Å². The van der Waals surface area contributed by atoms with Crippen molar-refractivity contribution in [2.75, 3.05) is 18.5 Å². The molecule has 1 rings (SSSR count). The first-order chi connectivity index (χ1) is 9.40. The molecular weight excluding hydrogens is 280 g/mol. The fourth-order valence-corrected chi connectivity index (χ4v) is 2.28. The van der Waals surface area contributed by atoms with Gasteiger partial charge in [0.15, 0.2) is 0 Å². The Labute approximate surface area is 119 Å². The molecule has 0 aromatic heterocycles. The average Bonchev–Trinajstić information content (AvgIpc) is 2.35. The van der Waals surface area contributed by atoms with Gasteiger partial charge in [-0.25, -0.2) is 13.6 Å². The summed E-state index contributed by atoms with van der Waals surface area (Å²) in [7, 11) is -3.53. The summed E-state index contributed by atoms with van der Waals surface area (Å²) in [5.74, 6) is -0.306. The van der Waals surface area contributed by atoms with E-state index in [0.717, 1.165) is 0 Å². The zero-order valence-electron chi connectivity index (χ0n) is 11.5. The minimum atomic E-state index is -3.53. The summed E-state index contributed by atoms with van der Waals surface area (Å²) in [6, 6.07) is 6.56. The van der Waals surface area contributed by atoms with Crippen LogP contribution in [0.2, 0.25) is 0 Å². The zero-order chi connectivity index (χ0) is 15.0. The highest BCUT2D eigenvalue weighted by molar-refractivity contribution is 7.88. The summed E-state index contributed by atoms with van der Waals surface area (Å²) in [6.45, 7) is 3.12. The van der Waals surface area contributed by atoms with Crippen molar-refractivity contribution in [1.29, 1.82) is 0 Å². The lowest BCUT2D eigenvalue weighted by molar-refractivity contribution is -0.116. The molecule has 0 bridgehead atoms. The number of ether oxygens (including phenoxy) is 1. The Morgan fingerprint density at radius 2 is 1.95 bits per heavy atom. The monoisotopic (exact) mass is 300 g/mol. The third kappa shape index (κ3) is 7.22. The smallest absolute Gasteiger partial charge is 0.224 e. The maximum absolute atomic E-state index is 11.6. The Hall–Kier alpha value is -1.44. The lowest BCUT2D eigenvalue weighted by atomic mass is 10.2. The zero-order valence-corrected chi connectivity index (χ0v) is 12.3. The molecule has 0 unspecified atom stereocenters. The lowest BCUT2D eigenvalue weighted by Gasteiger charge is -2.06. The molecule has 112 valence electrons. The van der Waals surface area contributed by atoms with Crippen LogP contribution in [0, 0.1) is 0 Å². The molecule has 0 spiro atoms. The van der Waals surface area contributed by atoms with Gasteiger partial charge in [0.05, 0.1) is 5.75 Å². The van der Waals surface area contributed by atoms with Crippen LogP contribution in [0.3, 0.4) is 0 Å². The third-order valence-corrected chi connectivity index (χ3v) is 3.24. The van der Waals surface area contributed by atoms with Crippen LogP contribution in [0.5, 0.6) is 0 Å². The lowest BCUT2D eigenvalue weighted by Crippen LogP contribution is -2.15. The predicted molar refractivity (Wildman–Crippen MR) is 77.6 cm³/mol. The Morgan fingerprint density at radius 3 is 2.50 bits per heavy atom. The normalized spacial score (nSPS) is 11.3. The molecule has 1 aromatic rings. The minimum Gasteiger partial charge on any atom is -0.382 e. The molecule has 0 aliphatic carbocycles. The summed E-state index contributed by atoms with van der Waals surface area (Å²) in [5, 5.41) is 7.69. The standard InChI is InChI=1S/C13H20N2O4S/c1-2-19-9-3-4-13(16)15-12-7-5-11(6-8-12)10-20(14,17)18/h5-8H,2-4,9-10H2,1H3,(H,15,16)(H2,14,17,18). The number of nitrogens with one attached hydrogen (secondary N) is 1. The van der Waals surface area contributed by atoms with Crippen molar-refractivity contribution < 1.29 is 17.9 Å². The molecule has 0 heterocycles. The van der Waals surface area contributed by atoms with Crippen LogP contribution in [-0.2, 0) is 25.3 Å². The van der Waals surface area contributed by atoms with E-state index in [2.05, 4.69) is 5.32 Å². The number of carbonyl (C=O) groups is 1. The van der Waals surface area contributed by atoms with E-state index < -0.39 is 10.0 Å². The van der Waals surface area contributed by atoms with E-state index in [9.17, 15) is 13.2 Å². The maximum atomic E-state index is 11.6. The SMILES string of the molecule is CCOCCCC(=O)Nc1ccc(CS(N)(=O)=O)cc1. The van der Waals surface area contributed by atoms with Crippen molar-refractivity contribution in [1.82, 2.24) is 0 Å². The number of benzene rings is 1. The van der Waals surface area contributed by atoms with Crippen molar-refractivity contribution in [2.24, 2.45) is 5.14 Å². The van der Waals surface area contributed by atoms with Gasteiger partial charge in [-0.3, -0.25) is 4.79 Å². The first-order valence-corrected chi connectivity index (χ1v) is 8.09. The highest BCUT2D eigenvalue weighted by atomic mass is 32.2. The highest BCUT2D eigenvalue weighted by Gasteiger charge is 2.06. The first-order valence-electron chi connectivity index (χ1n) is 6.37. The van der Waals surface area contributed by atoms with Gasteiger partial charge >= 0.3 is 0 Å². The van der Waals surface area contributed by atoms with E-state index in [1.807, 2.05) is 6.92 Å². The van der Waals surface area contributed by atoms with E-state index in [1.54, 1.807) is 24.3 Å². The fraction of sp³-hybridized carbons (Fsp3) is 0.462. The number of hydrogen-bond donors (Lipinski definition) is 2. The van der Waals surface area contributed by atoms with Crippen molar-refractivity contribution in [3.8, 4) is 0 Å². The minimum absolute atomic E-state index is 0.0936. The molecule has 1 aromatic carbocycles. The summed E-state index contributed by atoms with van der Waals surface area (Å²) in [5.41, 5.74) is 1.21. The molecule has 7 heteroatoms. The Bertz CT molecular complexity index is 526. The summed E-state index contributed by atoms with van der Waals surface area (Å²) in [6.07, 6.45) is 1.06. The van der Waals surface area contributed by atoms with Gasteiger partial charge in [0, 0.05) is 25.3 Å². The first kappa shape index (κ1) is 16.6. The van der Waals surface area contributed by atoms with Crippen LogP contribution in [0.1, 0.15) is 25.3 Å². The summed E-state index contributed by atoms with van der Waals surface area (Å²) < 4.78 is 27.0.